The molecule has 2 aromatic rings. The maximum Gasteiger partial charge on any atom is 0.416 e. The van der Waals surface area contributed by atoms with Gasteiger partial charge in [0.25, 0.3) is 11.8 Å². The number of alkyl halides is 3. The van der Waals surface area contributed by atoms with Gasteiger partial charge in [-0.25, -0.2) is 9.67 Å². The number of rotatable bonds is 5. The second kappa shape index (κ2) is 7.93. The van der Waals surface area contributed by atoms with Crippen molar-refractivity contribution in [1.29, 1.82) is 0 Å². The zero-order valence-corrected chi connectivity index (χ0v) is 17.5. The number of hydrazine groups is 1. The minimum absolute atomic E-state index is 0.184. The summed E-state index contributed by atoms with van der Waals surface area (Å²) in [7, 11) is -10.5. The van der Waals surface area contributed by atoms with E-state index < -0.39 is 62.2 Å². The molecule has 0 bridgehead atoms. The van der Waals surface area contributed by atoms with Crippen LogP contribution in [0.4, 0.5) is 32.6 Å². The smallest absolute Gasteiger partial charge is 0.368 e. The Hall–Kier alpha value is -3.21. The second-order valence-corrected chi connectivity index (χ2v) is 9.47. The van der Waals surface area contributed by atoms with Gasteiger partial charge in [-0.1, -0.05) is 19.4 Å². The van der Waals surface area contributed by atoms with Crippen molar-refractivity contribution in [3.05, 3.63) is 36.2 Å². The maximum atomic E-state index is 13.1. The van der Waals surface area contributed by atoms with Gasteiger partial charge in [-0.15, -0.1) is 5.10 Å². The van der Waals surface area contributed by atoms with E-state index in [-0.39, 0.29) is 12.1 Å². The minimum Gasteiger partial charge on any atom is -0.368 e. The lowest BCUT2D eigenvalue weighted by Gasteiger charge is -2.40. The van der Waals surface area contributed by atoms with Gasteiger partial charge in [0, 0.05) is 24.4 Å². The predicted octanol–water partition coefficient (Wildman–Crippen LogP) is 4.42. The average Bonchev–Trinajstić information content (AvgIpc) is 3.40. The Morgan fingerprint density at radius 3 is 2.41 bits per heavy atom. The zero-order valence-electron chi connectivity index (χ0n) is 16.7. The monoisotopic (exact) mass is 521 g/mol. The summed E-state index contributed by atoms with van der Waals surface area (Å²) >= 11 is 0. The van der Waals surface area contributed by atoms with E-state index in [9.17, 15) is 42.2 Å². The van der Waals surface area contributed by atoms with Gasteiger partial charge >= 0.3 is 16.4 Å². The average molecular weight is 521 g/mol. The topological polar surface area (TPSA) is 98.1 Å². The number of carbonyl (C=O) groups is 2. The second-order valence-electron chi connectivity index (χ2n) is 7.06. The first-order chi connectivity index (χ1) is 15.4. The fourth-order valence-electron chi connectivity index (χ4n) is 2.77. The number of hydrogen-bond acceptors (Lipinski definition) is 5. The van der Waals surface area contributed by atoms with E-state index in [2.05, 4.69) is 15.5 Å². The molecule has 0 radical (unpaired) electrons. The number of halogens is 8. The number of aromatic nitrogens is 3. The molecule has 1 atom stereocenters. The normalized spacial score (nSPS) is 19.0. The van der Waals surface area contributed by atoms with Gasteiger partial charge in [0.05, 0.1) is 5.56 Å². The summed E-state index contributed by atoms with van der Waals surface area (Å²) < 4.78 is 111. The van der Waals surface area contributed by atoms with Crippen LogP contribution in [0.15, 0.2) is 35.5 Å². The summed E-state index contributed by atoms with van der Waals surface area (Å²) in [4.78, 5) is 24.2. The molecule has 1 aromatic heterocycles. The Morgan fingerprint density at radius 1 is 1.12 bits per heavy atom. The summed E-state index contributed by atoms with van der Waals surface area (Å²) in [6, 6.07) is -0.686. The zero-order chi connectivity index (χ0) is 25.4. The molecule has 0 saturated carbocycles. The lowest BCUT2D eigenvalue weighted by molar-refractivity contribution is -0.137. The van der Waals surface area contributed by atoms with Crippen molar-refractivity contribution in [3.63, 3.8) is 0 Å². The first-order valence-corrected chi connectivity index (χ1v) is 11.1. The number of ether oxygens (including phenoxy) is 1. The molecule has 34 heavy (non-hydrogen) atoms. The lowest BCUT2D eigenvalue weighted by atomic mass is 10.1. The largest absolute Gasteiger partial charge is 0.416 e. The third-order valence-corrected chi connectivity index (χ3v) is 5.48. The van der Waals surface area contributed by atoms with Crippen LogP contribution in [-0.4, -0.2) is 39.3 Å². The number of amides is 2. The first kappa shape index (κ1) is 25.4. The molecule has 0 spiro atoms. The van der Waals surface area contributed by atoms with Crippen molar-refractivity contribution >= 4 is 28.2 Å². The van der Waals surface area contributed by atoms with Crippen molar-refractivity contribution in [2.45, 2.75) is 30.0 Å². The molecule has 2 N–H and O–H groups in total. The number of hydrogen-bond donors (Lipinski definition) is 2. The van der Waals surface area contributed by atoms with Gasteiger partial charge in [0.15, 0.2) is 5.82 Å². The Kier molecular flexibility index (Phi) is 5.93. The van der Waals surface area contributed by atoms with Crippen LogP contribution in [0.1, 0.15) is 18.4 Å². The summed E-state index contributed by atoms with van der Waals surface area (Å²) in [5, 5.41) is 3.57. The minimum atomic E-state index is -10.5. The third-order valence-electron chi connectivity index (χ3n) is 4.36. The number of benzene rings is 1. The van der Waals surface area contributed by atoms with Crippen LogP contribution >= 0.6 is 10.2 Å². The highest BCUT2D eigenvalue weighted by Gasteiger charge is 2.66. The van der Waals surface area contributed by atoms with Crippen molar-refractivity contribution in [3.8, 4) is 11.4 Å². The molecule has 0 aliphatic carbocycles. The summed E-state index contributed by atoms with van der Waals surface area (Å²) in [5.74, 6) is -2.21. The Morgan fingerprint density at radius 2 is 1.82 bits per heavy atom. The molecule has 2 amide bonds. The van der Waals surface area contributed by atoms with Crippen molar-refractivity contribution in [2.24, 2.45) is 0 Å². The standard InChI is InChI=1S/C17H15F8N5O3S/c18-17(19,20)11-6-10(7-12(8-11)34(21,22,23,24)25)15-26-9-30(29-15)4-3-14(31)27-28-16(32)13-2-1-5-33-13/h3-4,6-9,13H,1-2,5H2,(H,27,31)(H,28,32)/b4-3-. The quantitative estimate of drug-likeness (QED) is 0.345. The molecule has 1 aliphatic heterocycles. The number of nitrogens with zero attached hydrogens (tertiary/aromatic N) is 3. The Labute approximate surface area is 185 Å². The van der Waals surface area contributed by atoms with E-state index in [1.807, 2.05) is 5.43 Å². The van der Waals surface area contributed by atoms with Crippen LogP contribution in [0.2, 0.25) is 0 Å². The molecule has 17 heteroatoms. The number of nitrogens with one attached hydrogen (secondary N) is 2. The SMILES string of the molecule is O=C(/C=C\n1cnc(-c2cc(C(F)(F)F)cc(S(F)(F)(F)(F)F)c2)n1)NNC(=O)C1CCCO1. The molecule has 1 aromatic carbocycles. The fourth-order valence-corrected chi connectivity index (χ4v) is 3.47. The van der Waals surface area contributed by atoms with Crippen LogP contribution in [0, 0.1) is 0 Å². The van der Waals surface area contributed by atoms with Crippen LogP contribution in [0.5, 0.6) is 0 Å². The van der Waals surface area contributed by atoms with Gasteiger partial charge in [-0.3, -0.25) is 20.4 Å². The fraction of sp³-hybridized carbons (Fsp3) is 0.294. The molecule has 8 nitrogen and oxygen atoms in total. The van der Waals surface area contributed by atoms with E-state index in [1.54, 1.807) is 0 Å². The molecule has 3 rings (SSSR count). The lowest BCUT2D eigenvalue weighted by Crippen LogP contribution is -2.45. The summed E-state index contributed by atoms with van der Waals surface area (Å²) in [5.41, 5.74) is 1.18. The van der Waals surface area contributed by atoms with E-state index in [1.165, 1.54) is 0 Å². The molecule has 1 aliphatic rings. The highest BCUT2D eigenvalue weighted by molar-refractivity contribution is 8.45. The third kappa shape index (κ3) is 6.43. The van der Waals surface area contributed by atoms with Crippen LogP contribution in [-0.2, 0) is 20.5 Å². The number of carbonyl (C=O) groups excluding carboxylic acids is 2. The van der Waals surface area contributed by atoms with Crippen LogP contribution in [0.3, 0.4) is 0 Å². The molecule has 1 unspecified atom stereocenters. The molecule has 1 fully saturated rings. The van der Waals surface area contributed by atoms with Crippen molar-refractivity contribution < 1.29 is 46.9 Å². The van der Waals surface area contributed by atoms with E-state index in [4.69, 9.17) is 4.74 Å². The summed E-state index contributed by atoms with van der Waals surface area (Å²) in [6.45, 7) is 0.399. The van der Waals surface area contributed by atoms with Crippen molar-refractivity contribution in [2.75, 3.05) is 6.61 Å². The Balaban J connectivity index is 1.78. The molecule has 2 heterocycles. The predicted molar refractivity (Wildman–Crippen MR) is 102 cm³/mol. The highest BCUT2D eigenvalue weighted by Crippen LogP contribution is 3.02. The molecule has 188 valence electrons. The maximum absolute atomic E-state index is 13.1. The highest BCUT2D eigenvalue weighted by atomic mass is 32.5. The van der Waals surface area contributed by atoms with Gasteiger partial charge < -0.3 is 4.74 Å². The summed E-state index contributed by atoms with van der Waals surface area (Å²) in [6.07, 6.45) is -2.41. The van der Waals surface area contributed by atoms with Crippen LogP contribution < -0.4 is 10.9 Å². The van der Waals surface area contributed by atoms with Gasteiger partial charge in [-0.2, -0.15) is 13.2 Å². The van der Waals surface area contributed by atoms with Crippen molar-refractivity contribution in [1.82, 2.24) is 25.6 Å². The molecular weight excluding hydrogens is 506 g/mol. The van der Waals surface area contributed by atoms with E-state index in [0.29, 0.717) is 19.4 Å². The van der Waals surface area contributed by atoms with Gasteiger partial charge in [-0.05, 0) is 31.0 Å². The van der Waals surface area contributed by atoms with Crippen LogP contribution in [0.25, 0.3) is 17.6 Å². The first-order valence-electron chi connectivity index (χ1n) is 9.20. The van der Waals surface area contributed by atoms with E-state index >= 15 is 0 Å². The molecule has 1 saturated heterocycles. The van der Waals surface area contributed by atoms with Gasteiger partial charge in [0.2, 0.25) is 0 Å². The molecular formula is C17H15F8N5O3S. The van der Waals surface area contributed by atoms with Gasteiger partial charge in [0.1, 0.15) is 17.3 Å². The van der Waals surface area contributed by atoms with E-state index in [0.717, 1.165) is 23.3 Å². The Bertz CT molecular complexity index is 1140.